The summed E-state index contributed by atoms with van der Waals surface area (Å²) in [4.78, 5) is 15.9. The van der Waals surface area contributed by atoms with E-state index < -0.39 is 16.1 Å². The monoisotopic (exact) mass is 524 g/mol. The third-order valence-electron chi connectivity index (χ3n) is 5.34. The van der Waals surface area contributed by atoms with Crippen molar-refractivity contribution < 1.29 is 18.3 Å². The van der Waals surface area contributed by atoms with Gasteiger partial charge in [0, 0.05) is 27.6 Å². The minimum atomic E-state index is -4.35. The van der Waals surface area contributed by atoms with Gasteiger partial charge in [-0.25, -0.2) is 17.4 Å². The Morgan fingerprint density at radius 3 is 2.37 bits per heavy atom. The second-order valence-corrected chi connectivity index (χ2v) is 10.0. The van der Waals surface area contributed by atoms with E-state index in [1.54, 1.807) is 6.07 Å². The van der Waals surface area contributed by atoms with Crippen LogP contribution in [0.1, 0.15) is 46.0 Å². The molecule has 8 nitrogen and oxygen atoms in total. The van der Waals surface area contributed by atoms with Crippen LogP contribution in [-0.4, -0.2) is 28.3 Å². The number of pyridine rings is 1. The van der Waals surface area contributed by atoms with Crippen LogP contribution in [0.25, 0.3) is 10.9 Å². The number of aromatic nitrogens is 2. The van der Waals surface area contributed by atoms with Gasteiger partial charge in [0.2, 0.25) is 0 Å². The number of carbonyl (C=O) groups is 1. The van der Waals surface area contributed by atoms with E-state index >= 15 is 0 Å². The summed E-state index contributed by atoms with van der Waals surface area (Å²) < 4.78 is 28.3. The second kappa shape index (κ2) is 9.14. The summed E-state index contributed by atoms with van der Waals surface area (Å²) in [5, 5.41) is 30.3. The Balaban J connectivity index is 2.13. The lowest BCUT2D eigenvalue weighted by atomic mass is 10.0. The molecule has 4 aromatic rings. The summed E-state index contributed by atoms with van der Waals surface area (Å²) in [5.41, 5.74) is -0.635. The molecule has 0 spiro atoms. The van der Waals surface area contributed by atoms with Gasteiger partial charge in [-0.3, -0.25) is 4.79 Å². The van der Waals surface area contributed by atoms with Crippen LogP contribution < -0.4 is 0 Å². The maximum Gasteiger partial charge on any atom is 0.268 e. The van der Waals surface area contributed by atoms with E-state index in [2.05, 4.69) is 4.98 Å². The molecule has 0 saturated heterocycles. The predicted octanol–water partition coefficient (Wildman–Crippen LogP) is 4.61. The van der Waals surface area contributed by atoms with Crippen molar-refractivity contribution in [2.75, 3.05) is 0 Å². The van der Waals surface area contributed by atoms with E-state index in [4.69, 9.17) is 23.2 Å². The van der Waals surface area contributed by atoms with Crippen LogP contribution in [0.5, 0.6) is 0 Å². The van der Waals surface area contributed by atoms with Gasteiger partial charge in [0.05, 0.1) is 21.1 Å². The second-order valence-electron chi connectivity index (χ2n) is 7.45. The highest BCUT2D eigenvalue weighted by atomic mass is 35.5. The third kappa shape index (κ3) is 4.05. The molecule has 0 saturated carbocycles. The smallest absolute Gasteiger partial charge is 0.268 e. The number of ketones is 1. The minimum Gasteiger partial charge on any atom is -0.382 e. The van der Waals surface area contributed by atoms with Crippen molar-refractivity contribution in [3.05, 3.63) is 92.9 Å². The molecule has 0 aliphatic carbocycles. The number of fused-ring (bicyclic) bond motifs is 1. The lowest BCUT2D eigenvalue weighted by Gasteiger charge is -2.19. The number of nitriles is 2. The zero-order valence-corrected chi connectivity index (χ0v) is 20.2. The van der Waals surface area contributed by atoms with Gasteiger partial charge in [0.15, 0.2) is 11.5 Å². The highest BCUT2D eigenvalue weighted by Crippen LogP contribution is 2.40. The zero-order valence-electron chi connectivity index (χ0n) is 17.9. The number of carbonyl (C=O) groups excluding carboxylic acids is 1. The highest BCUT2D eigenvalue weighted by Gasteiger charge is 2.31. The van der Waals surface area contributed by atoms with Crippen molar-refractivity contribution in [2.45, 2.75) is 17.9 Å². The highest BCUT2D eigenvalue weighted by molar-refractivity contribution is 7.90. The quantitative estimate of drug-likeness (QED) is 0.376. The van der Waals surface area contributed by atoms with Gasteiger partial charge in [-0.2, -0.15) is 10.5 Å². The lowest BCUT2D eigenvalue weighted by molar-refractivity contribution is 0.101. The summed E-state index contributed by atoms with van der Waals surface area (Å²) in [5.74, 6) is -0.382. The van der Waals surface area contributed by atoms with Crippen LogP contribution in [0.3, 0.4) is 0 Å². The molecule has 2 aromatic carbocycles. The summed E-state index contributed by atoms with van der Waals surface area (Å²) in [6.07, 6.45) is -1.72. The summed E-state index contributed by atoms with van der Waals surface area (Å²) in [7, 11) is -4.35. The van der Waals surface area contributed by atoms with Crippen molar-refractivity contribution in [3.8, 4) is 12.1 Å². The lowest BCUT2D eigenvalue weighted by Crippen LogP contribution is -2.19. The maximum absolute atomic E-state index is 13.8. The molecule has 2 heterocycles. The number of rotatable bonds is 5. The minimum absolute atomic E-state index is 0.00207. The Hall–Kier alpha value is -3.73. The van der Waals surface area contributed by atoms with E-state index in [1.807, 2.05) is 12.1 Å². The molecule has 1 unspecified atom stereocenters. The van der Waals surface area contributed by atoms with Crippen LogP contribution >= 0.6 is 23.2 Å². The van der Waals surface area contributed by atoms with Gasteiger partial charge in [0.25, 0.3) is 10.0 Å². The SMILES string of the molecule is CC(=O)c1ccc(Cl)c(C(O)c2cc3c(C#N)nc(C#N)cc3n2S(=O)(=O)c2ccccc2)c1Cl. The van der Waals surface area contributed by atoms with E-state index in [1.165, 1.54) is 55.5 Å². The van der Waals surface area contributed by atoms with Crippen molar-refractivity contribution >= 4 is 49.9 Å². The van der Waals surface area contributed by atoms with E-state index in [0.29, 0.717) is 0 Å². The molecule has 0 amide bonds. The average molecular weight is 525 g/mol. The Morgan fingerprint density at radius 1 is 1.09 bits per heavy atom. The summed E-state index contributed by atoms with van der Waals surface area (Å²) >= 11 is 12.7. The van der Waals surface area contributed by atoms with Gasteiger partial charge in [-0.1, -0.05) is 41.4 Å². The number of nitrogens with zero attached hydrogens (tertiary/aromatic N) is 4. The molecule has 35 heavy (non-hydrogen) atoms. The zero-order chi connectivity index (χ0) is 25.5. The summed E-state index contributed by atoms with van der Waals surface area (Å²) in [6.45, 7) is 1.29. The largest absolute Gasteiger partial charge is 0.382 e. The molecule has 1 N–H and O–H groups in total. The first-order valence-electron chi connectivity index (χ1n) is 9.96. The number of aliphatic hydroxyl groups is 1. The molecule has 0 aliphatic rings. The van der Waals surface area contributed by atoms with Crippen molar-refractivity contribution in [1.82, 2.24) is 8.96 Å². The van der Waals surface area contributed by atoms with E-state index in [9.17, 15) is 28.8 Å². The van der Waals surface area contributed by atoms with Crippen LogP contribution in [0.2, 0.25) is 10.0 Å². The predicted molar refractivity (Wildman–Crippen MR) is 129 cm³/mol. The Morgan fingerprint density at radius 2 is 1.77 bits per heavy atom. The first kappa shape index (κ1) is 24.4. The molecule has 0 aliphatic heterocycles. The molecule has 4 rings (SSSR count). The number of Topliss-reactive ketones (excluding diaryl/α,β-unsaturated/α-hetero) is 1. The molecule has 1 atom stereocenters. The fourth-order valence-corrected chi connectivity index (χ4v) is 6.00. The summed E-state index contributed by atoms with van der Waals surface area (Å²) in [6, 6.07) is 16.4. The molecular formula is C24H14Cl2N4O4S. The number of hydrogen-bond acceptors (Lipinski definition) is 7. The number of aliphatic hydroxyl groups excluding tert-OH is 1. The number of hydrogen-bond donors (Lipinski definition) is 1. The first-order valence-corrected chi connectivity index (χ1v) is 12.2. The fraction of sp³-hybridized carbons (Fsp3) is 0.0833. The van der Waals surface area contributed by atoms with Gasteiger partial charge < -0.3 is 5.11 Å². The maximum atomic E-state index is 13.8. The molecule has 0 fully saturated rings. The number of benzene rings is 2. The van der Waals surface area contributed by atoms with Gasteiger partial charge >= 0.3 is 0 Å². The van der Waals surface area contributed by atoms with Crippen molar-refractivity contribution in [2.24, 2.45) is 0 Å². The molecule has 11 heteroatoms. The van der Waals surface area contributed by atoms with Crippen LogP contribution in [0, 0.1) is 22.7 Å². The Labute approximate surface area is 210 Å². The Kier molecular flexibility index (Phi) is 6.37. The van der Waals surface area contributed by atoms with Gasteiger partial charge in [-0.05, 0) is 37.3 Å². The molecule has 2 aromatic heterocycles. The molecule has 0 bridgehead atoms. The van der Waals surface area contributed by atoms with E-state index in [-0.39, 0.29) is 59.8 Å². The molecule has 0 radical (unpaired) electrons. The first-order chi connectivity index (χ1) is 16.6. The van der Waals surface area contributed by atoms with Gasteiger partial charge in [0.1, 0.15) is 23.9 Å². The number of halogens is 2. The average Bonchev–Trinajstić information content (AvgIpc) is 3.24. The van der Waals surface area contributed by atoms with Crippen LogP contribution in [0.15, 0.2) is 59.5 Å². The standard InChI is InChI=1S/C24H14Cl2N4O4S/c1-13(31)16-7-8-18(25)22(23(16)26)24(32)21-10-17-19(12-28)29-14(11-27)9-20(17)30(21)35(33,34)15-5-3-2-4-6-15/h2-10,24,32H,1H3. The van der Waals surface area contributed by atoms with Crippen molar-refractivity contribution in [1.29, 1.82) is 10.5 Å². The van der Waals surface area contributed by atoms with Crippen LogP contribution in [0.4, 0.5) is 0 Å². The van der Waals surface area contributed by atoms with Crippen molar-refractivity contribution in [3.63, 3.8) is 0 Å². The molecule has 174 valence electrons. The molecular weight excluding hydrogens is 511 g/mol. The Bertz CT molecular complexity index is 1700. The van der Waals surface area contributed by atoms with E-state index in [0.717, 1.165) is 3.97 Å². The third-order valence-corrected chi connectivity index (χ3v) is 7.84. The topological polar surface area (TPSA) is 137 Å². The fourth-order valence-electron chi connectivity index (χ4n) is 3.74. The van der Waals surface area contributed by atoms with Crippen LogP contribution in [-0.2, 0) is 10.0 Å². The van der Waals surface area contributed by atoms with Gasteiger partial charge in [-0.15, -0.1) is 0 Å². The normalized spacial score (nSPS) is 12.2.